The van der Waals surface area contributed by atoms with Gasteiger partial charge in [-0.2, -0.15) is 5.10 Å². The molecule has 0 unspecified atom stereocenters. The highest BCUT2D eigenvalue weighted by atomic mass is 16.2. The van der Waals surface area contributed by atoms with Crippen molar-refractivity contribution >= 4 is 11.8 Å². The molecule has 1 aromatic heterocycles. The third kappa shape index (κ3) is 4.58. The maximum atomic E-state index is 13.3. The molecule has 2 fully saturated rings. The molecule has 2 saturated heterocycles. The summed E-state index contributed by atoms with van der Waals surface area (Å²) in [6, 6.07) is 0.548. The van der Waals surface area contributed by atoms with Gasteiger partial charge in [0.2, 0.25) is 5.91 Å². The molecule has 28 heavy (non-hydrogen) atoms. The molecule has 0 aromatic carbocycles. The van der Waals surface area contributed by atoms with Crippen LogP contribution in [0.1, 0.15) is 95.1 Å². The Balaban J connectivity index is 1.66. The average molecular weight is 389 g/mol. The van der Waals surface area contributed by atoms with Gasteiger partial charge in [-0.1, -0.05) is 20.8 Å². The Hall–Kier alpha value is -1.85. The van der Waals surface area contributed by atoms with Crippen LogP contribution in [0, 0.1) is 5.41 Å². The van der Waals surface area contributed by atoms with E-state index in [-0.39, 0.29) is 35.2 Å². The number of likely N-dealkylation sites (tertiary alicyclic amines) is 2. The van der Waals surface area contributed by atoms with Gasteiger partial charge in [-0.25, -0.2) is 0 Å². The first-order chi connectivity index (χ1) is 13.2. The molecule has 2 atom stereocenters. The lowest BCUT2D eigenvalue weighted by molar-refractivity contribution is -0.134. The number of amides is 2. The molecule has 2 aliphatic rings. The molecule has 6 heteroatoms. The quantitative estimate of drug-likeness (QED) is 0.852. The molecule has 2 amide bonds. The van der Waals surface area contributed by atoms with Gasteiger partial charge in [0.15, 0.2) is 0 Å². The fourth-order valence-corrected chi connectivity index (χ4v) is 4.72. The van der Waals surface area contributed by atoms with E-state index in [4.69, 9.17) is 0 Å². The van der Waals surface area contributed by atoms with Crippen molar-refractivity contribution in [3.8, 4) is 0 Å². The number of carbonyl (C=O) groups is 2. The molecule has 3 rings (SSSR count). The molecule has 0 aliphatic carbocycles. The van der Waals surface area contributed by atoms with E-state index in [9.17, 15) is 9.59 Å². The first-order valence-electron chi connectivity index (χ1n) is 10.8. The molecule has 3 heterocycles. The molecule has 1 aromatic rings. The summed E-state index contributed by atoms with van der Waals surface area (Å²) in [5.74, 6) is 0.605. The fourth-order valence-electron chi connectivity index (χ4n) is 4.72. The van der Waals surface area contributed by atoms with E-state index in [1.54, 1.807) is 6.20 Å². The Morgan fingerprint density at radius 1 is 1.11 bits per heavy atom. The second-order valence-electron chi connectivity index (χ2n) is 9.93. The van der Waals surface area contributed by atoms with Crippen LogP contribution >= 0.6 is 0 Å². The monoisotopic (exact) mass is 388 g/mol. The minimum absolute atomic E-state index is 0.0126. The second-order valence-corrected chi connectivity index (χ2v) is 9.93. The third-order valence-corrected chi connectivity index (χ3v) is 6.26. The van der Waals surface area contributed by atoms with E-state index in [0.717, 1.165) is 50.0 Å². The first kappa shape index (κ1) is 20.9. The molecular formula is C22H36N4O2. The van der Waals surface area contributed by atoms with Gasteiger partial charge in [0.05, 0.1) is 17.5 Å². The van der Waals surface area contributed by atoms with Crippen molar-refractivity contribution in [2.75, 3.05) is 13.1 Å². The summed E-state index contributed by atoms with van der Waals surface area (Å²) in [6.45, 7) is 12.1. The SMILES string of the molecule is C[C@H]1CCC[C@H](C)N1C(=O)c1cn[nH]c1C1CCN(C(=O)CC(C)(C)C)CC1. The van der Waals surface area contributed by atoms with Gasteiger partial charge >= 0.3 is 0 Å². The Labute approximate surface area is 169 Å². The molecule has 2 aliphatic heterocycles. The van der Waals surface area contributed by atoms with Crippen molar-refractivity contribution in [2.45, 2.75) is 91.1 Å². The lowest BCUT2D eigenvalue weighted by Gasteiger charge is -2.39. The lowest BCUT2D eigenvalue weighted by atomic mass is 9.88. The average Bonchev–Trinajstić information content (AvgIpc) is 3.10. The number of hydrogen-bond donors (Lipinski definition) is 1. The lowest BCUT2D eigenvalue weighted by Crippen LogP contribution is -2.47. The molecule has 0 saturated carbocycles. The second kappa shape index (κ2) is 8.26. The number of rotatable bonds is 3. The van der Waals surface area contributed by atoms with Crippen LogP contribution < -0.4 is 0 Å². The highest BCUT2D eigenvalue weighted by Crippen LogP contribution is 2.32. The predicted octanol–water partition coefficient (Wildman–Crippen LogP) is 3.96. The predicted molar refractivity (Wildman–Crippen MR) is 110 cm³/mol. The van der Waals surface area contributed by atoms with Crippen molar-refractivity contribution in [3.05, 3.63) is 17.5 Å². The maximum Gasteiger partial charge on any atom is 0.257 e. The van der Waals surface area contributed by atoms with E-state index in [2.05, 4.69) is 44.8 Å². The molecule has 0 spiro atoms. The van der Waals surface area contributed by atoms with Crippen molar-refractivity contribution in [3.63, 3.8) is 0 Å². The number of nitrogens with zero attached hydrogens (tertiary/aromatic N) is 3. The molecule has 0 bridgehead atoms. The molecule has 1 N–H and O–H groups in total. The topological polar surface area (TPSA) is 69.3 Å². The number of nitrogens with one attached hydrogen (secondary N) is 1. The number of aromatic amines is 1. The van der Waals surface area contributed by atoms with Crippen molar-refractivity contribution in [2.24, 2.45) is 5.41 Å². The highest BCUT2D eigenvalue weighted by Gasteiger charge is 2.34. The number of aromatic nitrogens is 2. The number of H-pyrrole nitrogens is 1. The minimum Gasteiger partial charge on any atom is -0.343 e. The minimum atomic E-state index is 0.0126. The molecule has 0 radical (unpaired) electrons. The van der Waals surface area contributed by atoms with E-state index < -0.39 is 0 Å². The van der Waals surface area contributed by atoms with Crippen molar-refractivity contribution in [1.82, 2.24) is 20.0 Å². The smallest absolute Gasteiger partial charge is 0.257 e. The zero-order valence-electron chi connectivity index (χ0n) is 18.1. The van der Waals surface area contributed by atoms with Crippen LogP contribution in [0.15, 0.2) is 6.20 Å². The zero-order valence-corrected chi connectivity index (χ0v) is 18.1. The fraction of sp³-hybridized carbons (Fsp3) is 0.773. The number of carbonyl (C=O) groups excluding carboxylic acids is 2. The number of piperidine rings is 2. The summed E-state index contributed by atoms with van der Waals surface area (Å²) in [6.07, 6.45) is 7.35. The van der Waals surface area contributed by atoms with Crippen molar-refractivity contribution < 1.29 is 9.59 Å². The van der Waals surface area contributed by atoms with Gasteiger partial charge in [-0.05, 0) is 51.4 Å². The van der Waals surface area contributed by atoms with E-state index in [0.29, 0.717) is 6.42 Å². The van der Waals surface area contributed by atoms with Gasteiger partial charge in [-0.3, -0.25) is 14.7 Å². The van der Waals surface area contributed by atoms with Gasteiger partial charge in [-0.15, -0.1) is 0 Å². The maximum absolute atomic E-state index is 13.3. The summed E-state index contributed by atoms with van der Waals surface area (Å²) in [7, 11) is 0. The Morgan fingerprint density at radius 2 is 1.71 bits per heavy atom. The molecular weight excluding hydrogens is 352 g/mol. The summed E-state index contributed by atoms with van der Waals surface area (Å²) in [5, 5.41) is 7.32. The van der Waals surface area contributed by atoms with Gasteiger partial charge in [0.25, 0.3) is 5.91 Å². The Morgan fingerprint density at radius 3 is 2.29 bits per heavy atom. The summed E-state index contributed by atoms with van der Waals surface area (Å²) in [4.78, 5) is 29.8. The van der Waals surface area contributed by atoms with Crippen LogP contribution in [-0.4, -0.2) is 57.0 Å². The van der Waals surface area contributed by atoms with Crippen molar-refractivity contribution in [1.29, 1.82) is 0 Å². The van der Waals surface area contributed by atoms with E-state index in [1.807, 2.05) is 9.80 Å². The Bertz CT molecular complexity index is 688. The standard InChI is InChI=1S/C22H36N4O2/c1-15-7-6-8-16(2)26(15)21(28)18-14-23-24-20(18)17-9-11-25(12-10-17)19(27)13-22(3,4)5/h14-17H,6-13H2,1-5H3,(H,23,24)/t15-,16-/m0/s1. The third-order valence-electron chi connectivity index (χ3n) is 6.26. The summed E-state index contributed by atoms with van der Waals surface area (Å²) >= 11 is 0. The highest BCUT2D eigenvalue weighted by molar-refractivity contribution is 5.95. The van der Waals surface area contributed by atoms with Crippen LogP contribution in [0.5, 0.6) is 0 Å². The largest absolute Gasteiger partial charge is 0.343 e. The molecule has 156 valence electrons. The van der Waals surface area contributed by atoms with Gasteiger partial charge in [0.1, 0.15) is 0 Å². The van der Waals surface area contributed by atoms with Gasteiger partial charge in [0, 0.05) is 37.5 Å². The molecule has 6 nitrogen and oxygen atoms in total. The van der Waals surface area contributed by atoms with E-state index in [1.165, 1.54) is 6.42 Å². The Kier molecular flexibility index (Phi) is 6.15. The zero-order chi connectivity index (χ0) is 20.5. The summed E-state index contributed by atoms with van der Waals surface area (Å²) < 4.78 is 0. The van der Waals surface area contributed by atoms with E-state index >= 15 is 0 Å². The van der Waals surface area contributed by atoms with Crippen LogP contribution in [-0.2, 0) is 4.79 Å². The van der Waals surface area contributed by atoms with Crippen LogP contribution in [0.3, 0.4) is 0 Å². The first-order valence-corrected chi connectivity index (χ1v) is 10.8. The number of hydrogen-bond acceptors (Lipinski definition) is 3. The normalized spacial score (nSPS) is 24.5. The van der Waals surface area contributed by atoms with Crippen LogP contribution in [0.4, 0.5) is 0 Å². The van der Waals surface area contributed by atoms with Crippen LogP contribution in [0.2, 0.25) is 0 Å². The van der Waals surface area contributed by atoms with Gasteiger partial charge < -0.3 is 9.80 Å². The van der Waals surface area contributed by atoms with Crippen LogP contribution in [0.25, 0.3) is 0 Å². The summed E-state index contributed by atoms with van der Waals surface area (Å²) in [5.41, 5.74) is 1.69.